The topological polar surface area (TPSA) is 92.5 Å². The number of anilines is 1. The van der Waals surface area contributed by atoms with Gasteiger partial charge in [0.2, 0.25) is 15.9 Å². The average molecular weight is 313 g/mol. The van der Waals surface area contributed by atoms with Crippen molar-refractivity contribution in [1.29, 1.82) is 0 Å². The van der Waals surface area contributed by atoms with E-state index in [2.05, 4.69) is 4.72 Å². The monoisotopic (exact) mass is 313 g/mol. The Labute approximate surface area is 126 Å². The van der Waals surface area contributed by atoms with E-state index in [9.17, 15) is 13.2 Å². The normalized spacial score (nSPS) is 13.0. The Morgan fingerprint density at radius 2 is 1.90 bits per heavy atom. The smallest absolute Gasteiger partial charge is 0.241 e. The van der Waals surface area contributed by atoms with Crippen LogP contribution in [-0.2, 0) is 14.8 Å². The number of carbonyl (C=O) groups is 1. The molecule has 0 aromatic heterocycles. The number of nitrogens with two attached hydrogens (primary N) is 1. The number of nitrogen functional groups attached to an aromatic ring is 1. The molecule has 0 fully saturated rings. The Bertz CT molecular complexity index is 610. The number of hydrogen-bond donors (Lipinski definition) is 2. The minimum Gasteiger partial charge on any atom is -0.398 e. The molecule has 1 atom stereocenters. The van der Waals surface area contributed by atoms with Crippen molar-refractivity contribution in [1.82, 2.24) is 9.62 Å². The van der Waals surface area contributed by atoms with Crippen LogP contribution < -0.4 is 10.5 Å². The fourth-order valence-corrected chi connectivity index (χ4v) is 3.18. The van der Waals surface area contributed by atoms with Crippen LogP contribution in [0.3, 0.4) is 0 Å². The Balaban J connectivity index is 2.94. The largest absolute Gasteiger partial charge is 0.398 e. The average Bonchev–Trinajstić information content (AvgIpc) is 2.42. The van der Waals surface area contributed by atoms with Gasteiger partial charge in [-0.15, -0.1) is 0 Å². The summed E-state index contributed by atoms with van der Waals surface area (Å²) in [4.78, 5) is 13.7. The third-order valence-electron chi connectivity index (χ3n) is 3.34. The second kappa shape index (κ2) is 6.91. The molecular weight excluding hydrogens is 290 g/mol. The molecule has 1 aromatic rings. The molecule has 7 heteroatoms. The Hall–Kier alpha value is -1.60. The number of amides is 1. The van der Waals surface area contributed by atoms with Crippen molar-refractivity contribution in [3.05, 3.63) is 23.8 Å². The van der Waals surface area contributed by atoms with Gasteiger partial charge in [-0.2, -0.15) is 4.72 Å². The molecule has 6 nitrogen and oxygen atoms in total. The molecule has 0 saturated carbocycles. The molecule has 1 unspecified atom stereocenters. The highest BCUT2D eigenvalue weighted by atomic mass is 32.2. The molecule has 0 spiro atoms. The van der Waals surface area contributed by atoms with Gasteiger partial charge >= 0.3 is 0 Å². The van der Waals surface area contributed by atoms with Crippen LogP contribution in [0.1, 0.15) is 26.3 Å². The van der Waals surface area contributed by atoms with Crippen LogP contribution >= 0.6 is 0 Å². The highest BCUT2D eigenvalue weighted by Crippen LogP contribution is 2.17. The summed E-state index contributed by atoms with van der Waals surface area (Å²) < 4.78 is 26.9. The number of carbonyl (C=O) groups excluding carboxylic acids is 1. The van der Waals surface area contributed by atoms with Crippen LogP contribution in [0.15, 0.2) is 23.1 Å². The number of aryl methyl sites for hydroxylation is 1. The number of nitrogens with zero attached hydrogens (tertiary/aromatic N) is 1. The molecule has 0 heterocycles. The van der Waals surface area contributed by atoms with Gasteiger partial charge < -0.3 is 10.6 Å². The molecule has 0 bridgehead atoms. The molecule has 1 amide bonds. The summed E-state index contributed by atoms with van der Waals surface area (Å²) in [7, 11) is -3.77. The van der Waals surface area contributed by atoms with Crippen molar-refractivity contribution in [2.75, 3.05) is 18.8 Å². The fraction of sp³-hybridized carbons (Fsp3) is 0.500. The van der Waals surface area contributed by atoms with E-state index in [0.717, 1.165) is 5.56 Å². The van der Waals surface area contributed by atoms with E-state index in [1.807, 2.05) is 13.8 Å². The maximum atomic E-state index is 12.3. The summed E-state index contributed by atoms with van der Waals surface area (Å²) >= 11 is 0. The number of rotatable bonds is 6. The molecule has 0 aliphatic heterocycles. The van der Waals surface area contributed by atoms with E-state index >= 15 is 0 Å². The van der Waals surface area contributed by atoms with E-state index in [0.29, 0.717) is 18.8 Å². The van der Waals surface area contributed by atoms with Crippen molar-refractivity contribution in [2.24, 2.45) is 0 Å². The van der Waals surface area contributed by atoms with Crippen molar-refractivity contribution in [3.8, 4) is 0 Å². The molecule has 0 aliphatic carbocycles. The first-order valence-corrected chi connectivity index (χ1v) is 8.38. The van der Waals surface area contributed by atoms with Crippen molar-refractivity contribution < 1.29 is 13.2 Å². The SMILES string of the molecule is CCN(CC)C(=O)C(C)NS(=O)(=O)c1ccc(C)c(N)c1. The predicted molar refractivity (Wildman–Crippen MR) is 83.3 cm³/mol. The van der Waals surface area contributed by atoms with E-state index in [4.69, 9.17) is 5.73 Å². The molecule has 0 radical (unpaired) electrons. The van der Waals surface area contributed by atoms with Crippen LogP contribution in [0, 0.1) is 6.92 Å². The molecule has 1 rings (SSSR count). The van der Waals surface area contributed by atoms with Crippen molar-refractivity contribution in [3.63, 3.8) is 0 Å². The molecular formula is C14H23N3O3S. The molecule has 21 heavy (non-hydrogen) atoms. The van der Waals surface area contributed by atoms with E-state index < -0.39 is 16.1 Å². The summed E-state index contributed by atoms with van der Waals surface area (Å²) in [6.45, 7) is 8.12. The minimum atomic E-state index is -3.77. The first kappa shape index (κ1) is 17.5. The molecule has 0 aliphatic rings. The Morgan fingerprint density at radius 3 is 2.38 bits per heavy atom. The highest BCUT2D eigenvalue weighted by Gasteiger charge is 2.24. The minimum absolute atomic E-state index is 0.0600. The summed E-state index contributed by atoms with van der Waals surface area (Å²) in [5.41, 5.74) is 6.94. The summed E-state index contributed by atoms with van der Waals surface area (Å²) in [6, 6.07) is 3.69. The maximum absolute atomic E-state index is 12.3. The molecule has 118 valence electrons. The second-order valence-electron chi connectivity index (χ2n) is 4.87. The number of hydrogen-bond acceptors (Lipinski definition) is 4. The zero-order valence-corrected chi connectivity index (χ0v) is 13.7. The molecule has 1 aromatic carbocycles. The summed E-state index contributed by atoms with van der Waals surface area (Å²) in [5.74, 6) is -0.247. The van der Waals surface area contributed by atoms with Crippen LogP contribution in [0.25, 0.3) is 0 Å². The van der Waals surface area contributed by atoms with Crippen LogP contribution in [0.5, 0.6) is 0 Å². The number of nitrogens with one attached hydrogen (secondary N) is 1. The van der Waals surface area contributed by atoms with Gasteiger partial charge in [0.25, 0.3) is 0 Å². The van der Waals surface area contributed by atoms with Gasteiger partial charge in [-0.25, -0.2) is 8.42 Å². The lowest BCUT2D eigenvalue weighted by Crippen LogP contribution is -2.46. The van der Waals surface area contributed by atoms with Crippen LogP contribution in [-0.4, -0.2) is 38.4 Å². The first-order valence-electron chi connectivity index (χ1n) is 6.90. The zero-order chi connectivity index (χ0) is 16.2. The highest BCUT2D eigenvalue weighted by molar-refractivity contribution is 7.89. The van der Waals surface area contributed by atoms with Gasteiger partial charge in [0.1, 0.15) is 0 Å². The Kier molecular flexibility index (Phi) is 5.74. The zero-order valence-electron chi connectivity index (χ0n) is 12.9. The lowest BCUT2D eigenvalue weighted by Gasteiger charge is -2.23. The lowest BCUT2D eigenvalue weighted by molar-refractivity contribution is -0.132. The third-order valence-corrected chi connectivity index (χ3v) is 4.88. The maximum Gasteiger partial charge on any atom is 0.241 e. The van der Waals surface area contributed by atoms with E-state index in [1.165, 1.54) is 19.1 Å². The summed E-state index contributed by atoms with van der Waals surface area (Å²) in [6.07, 6.45) is 0. The van der Waals surface area contributed by atoms with E-state index in [1.54, 1.807) is 17.9 Å². The first-order chi connectivity index (χ1) is 9.72. The Morgan fingerprint density at radius 1 is 1.33 bits per heavy atom. The number of benzene rings is 1. The predicted octanol–water partition coefficient (Wildman–Crippen LogP) is 1.11. The molecule has 0 saturated heterocycles. The van der Waals surface area contributed by atoms with Crippen LogP contribution in [0.4, 0.5) is 5.69 Å². The number of sulfonamides is 1. The van der Waals surface area contributed by atoms with Crippen LogP contribution in [0.2, 0.25) is 0 Å². The van der Waals surface area contributed by atoms with Crippen molar-refractivity contribution >= 4 is 21.6 Å². The third kappa shape index (κ3) is 4.18. The van der Waals surface area contributed by atoms with Gasteiger partial charge in [0, 0.05) is 18.8 Å². The molecule has 3 N–H and O–H groups in total. The fourth-order valence-electron chi connectivity index (χ4n) is 1.95. The van der Waals surface area contributed by atoms with Gasteiger partial charge in [0.05, 0.1) is 10.9 Å². The lowest BCUT2D eigenvalue weighted by atomic mass is 10.2. The van der Waals surface area contributed by atoms with Crippen molar-refractivity contribution in [2.45, 2.75) is 38.6 Å². The van der Waals surface area contributed by atoms with E-state index in [-0.39, 0.29) is 10.8 Å². The van der Waals surface area contributed by atoms with Gasteiger partial charge in [0.15, 0.2) is 0 Å². The van der Waals surface area contributed by atoms with Gasteiger partial charge in [-0.05, 0) is 45.4 Å². The standard InChI is InChI=1S/C14H23N3O3S/c1-5-17(6-2)14(18)11(4)16-21(19,20)12-8-7-10(3)13(15)9-12/h7-9,11,16H,5-6,15H2,1-4H3. The number of likely N-dealkylation sites (N-methyl/N-ethyl adjacent to an activating group) is 1. The quantitative estimate of drug-likeness (QED) is 0.770. The van der Waals surface area contributed by atoms with Gasteiger partial charge in [-0.1, -0.05) is 6.07 Å². The summed E-state index contributed by atoms with van der Waals surface area (Å²) in [5, 5.41) is 0. The second-order valence-corrected chi connectivity index (χ2v) is 6.59. The van der Waals surface area contributed by atoms with Gasteiger partial charge in [-0.3, -0.25) is 4.79 Å².